The summed E-state index contributed by atoms with van der Waals surface area (Å²) in [7, 11) is 0. The predicted molar refractivity (Wildman–Crippen MR) is 46.0 cm³/mol. The van der Waals surface area contributed by atoms with Gasteiger partial charge < -0.3 is 14.6 Å². The van der Waals surface area contributed by atoms with Gasteiger partial charge in [-0.05, 0) is 20.8 Å². The second-order valence-electron chi connectivity index (χ2n) is 3.63. The SMILES string of the molecule is CC(C)OC1C[C@H](C)O[C@@H]1CO. The van der Waals surface area contributed by atoms with Crippen LogP contribution in [0.3, 0.4) is 0 Å². The molecule has 0 aliphatic carbocycles. The maximum Gasteiger partial charge on any atom is 0.107 e. The number of ether oxygens (including phenoxy) is 2. The van der Waals surface area contributed by atoms with Crippen LogP contribution in [0.25, 0.3) is 0 Å². The van der Waals surface area contributed by atoms with Crippen molar-refractivity contribution in [3.63, 3.8) is 0 Å². The minimum atomic E-state index is -0.123. The Balaban J connectivity index is 2.40. The Kier molecular flexibility index (Phi) is 3.50. The van der Waals surface area contributed by atoms with Gasteiger partial charge in [0.05, 0.1) is 24.9 Å². The van der Waals surface area contributed by atoms with Crippen LogP contribution in [0.1, 0.15) is 27.2 Å². The highest BCUT2D eigenvalue weighted by Crippen LogP contribution is 2.23. The second kappa shape index (κ2) is 4.21. The third-order valence-electron chi connectivity index (χ3n) is 2.01. The zero-order chi connectivity index (χ0) is 9.14. The molecule has 0 radical (unpaired) electrons. The standard InChI is InChI=1S/C9H18O3/c1-6(2)11-8-4-7(3)12-9(8)5-10/h6-10H,4-5H2,1-3H3/t7-,8?,9+/m0/s1. The van der Waals surface area contributed by atoms with Crippen molar-refractivity contribution in [1.82, 2.24) is 0 Å². The molecule has 1 saturated heterocycles. The Morgan fingerprint density at radius 1 is 1.58 bits per heavy atom. The van der Waals surface area contributed by atoms with Crippen LogP contribution in [0.4, 0.5) is 0 Å². The minimum Gasteiger partial charge on any atom is -0.394 e. The topological polar surface area (TPSA) is 38.7 Å². The predicted octanol–water partition coefficient (Wildman–Crippen LogP) is 0.950. The summed E-state index contributed by atoms with van der Waals surface area (Å²) in [6, 6.07) is 0. The molecule has 12 heavy (non-hydrogen) atoms. The largest absolute Gasteiger partial charge is 0.394 e. The molecule has 0 saturated carbocycles. The lowest BCUT2D eigenvalue weighted by Crippen LogP contribution is -2.29. The molecule has 1 aliphatic rings. The first-order valence-corrected chi connectivity index (χ1v) is 4.55. The summed E-state index contributed by atoms with van der Waals surface area (Å²) in [5.41, 5.74) is 0. The van der Waals surface area contributed by atoms with Crippen LogP contribution in [0, 0.1) is 0 Å². The molecule has 1 fully saturated rings. The molecule has 1 N–H and O–H groups in total. The van der Waals surface area contributed by atoms with Gasteiger partial charge in [0.1, 0.15) is 6.10 Å². The van der Waals surface area contributed by atoms with Crippen LogP contribution in [0.2, 0.25) is 0 Å². The first kappa shape index (κ1) is 9.96. The lowest BCUT2D eigenvalue weighted by Gasteiger charge is -2.19. The summed E-state index contributed by atoms with van der Waals surface area (Å²) in [5, 5.41) is 8.96. The monoisotopic (exact) mass is 174 g/mol. The van der Waals surface area contributed by atoms with Gasteiger partial charge >= 0.3 is 0 Å². The first-order valence-electron chi connectivity index (χ1n) is 4.55. The zero-order valence-corrected chi connectivity index (χ0v) is 7.99. The van der Waals surface area contributed by atoms with E-state index in [1.54, 1.807) is 0 Å². The summed E-state index contributed by atoms with van der Waals surface area (Å²) in [6.07, 6.45) is 1.26. The Morgan fingerprint density at radius 3 is 2.75 bits per heavy atom. The zero-order valence-electron chi connectivity index (χ0n) is 7.99. The fourth-order valence-corrected chi connectivity index (χ4v) is 1.57. The molecule has 0 aromatic rings. The quantitative estimate of drug-likeness (QED) is 0.692. The Morgan fingerprint density at radius 2 is 2.25 bits per heavy atom. The van der Waals surface area contributed by atoms with Crippen LogP contribution in [-0.2, 0) is 9.47 Å². The van der Waals surface area contributed by atoms with Crippen LogP contribution in [0.15, 0.2) is 0 Å². The van der Waals surface area contributed by atoms with E-state index in [-0.39, 0.29) is 31.0 Å². The molecule has 0 aromatic carbocycles. The smallest absolute Gasteiger partial charge is 0.107 e. The van der Waals surface area contributed by atoms with E-state index < -0.39 is 0 Å². The van der Waals surface area contributed by atoms with E-state index in [2.05, 4.69) is 0 Å². The number of rotatable bonds is 3. The van der Waals surface area contributed by atoms with Crippen molar-refractivity contribution < 1.29 is 14.6 Å². The van der Waals surface area contributed by atoms with Crippen molar-refractivity contribution in [2.75, 3.05) is 6.61 Å². The van der Waals surface area contributed by atoms with Gasteiger partial charge in [0.25, 0.3) is 0 Å². The van der Waals surface area contributed by atoms with Crippen molar-refractivity contribution in [1.29, 1.82) is 0 Å². The lowest BCUT2D eigenvalue weighted by atomic mass is 10.1. The third-order valence-corrected chi connectivity index (χ3v) is 2.01. The molecule has 0 spiro atoms. The van der Waals surface area contributed by atoms with Crippen LogP contribution in [-0.4, -0.2) is 36.1 Å². The van der Waals surface area contributed by atoms with Crippen molar-refractivity contribution in [3.05, 3.63) is 0 Å². The van der Waals surface area contributed by atoms with E-state index in [9.17, 15) is 0 Å². The first-order chi connectivity index (χ1) is 5.63. The van der Waals surface area contributed by atoms with Gasteiger partial charge in [0.2, 0.25) is 0 Å². The van der Waals surface area contributed by atoms with E-state index >= 15 is 0 Å². The van der Waals surface area contributed by atoms with E-state index in [0.717, 1.165) is 6.42 Å². The Labute approximate surface area is 73.7 Å². The third kappa shape index (κ3) is 2.44. The van der Waals surface area contributed by atoms with E-state index in [1.807, 2.05) is 20.8 Å². The van der Waals surface area contributed by atoms with E-state index in [1.165, 1.54) is 0 Å². The molecule has 3 heteroatoms. The molecular weight excluding hydrogens is 156 g/mol. The van der Waals surface area contributed by atoms with E-state index in [0.29, 0.717) is 0 Å². The molecule has 0 bridgehead atoms. The minimum absolute atomic E-state index is 0.0573. The maximum atomic E-state index is 8.96. The van der Waals surface area contributed by atoms with Gasteiger partial charge in [-0.2, -0.15) is 0 Å². The molecular formula is C9H18O3. The van der Waals surface area contributed by atoms with Gasteiger partial charge in [-0.1, -0.05) is 0 Å². The highest BCUT2D eigenvalue weighted by atomic mass is 16.6. The van der Waals surface area contributed by atoms with Gasteiger partial charge in [0.15, 0.2) is 0 Å². The lowest BCUT2D eigenvalue weighted by molar-refractivity contribution is -0.0626. The number of aliphatic hydroxyl groups is 1. The number of aliphatic hydroxyl groups excluding tert-OH is 1. The van der Waals surface area contributed by atoms with Crippen molar-refractivity contribution in [3.8, 4) is 0 Å². The summed E-state index contributed by atoms with van der Waals surface area (Å²) in [5.74, 6) is 0. The molecule has 1 aliphatic heterocycles. The van der Waals surface area contributed by atoms with Crippen LogP contribution < -0.4 is 0 Å². The molecule has 72 valence electrons. The molecule has 3 atom stereocenters. The summed E-state index contributed by atoms with van der Waals surface area (Å²) >= 11 is 0. The Hall–Kier alpha value is -0.120. The van der Waals surface area contributed by atoms with Gasteiger partial charge in [-0.15, -0.1) is 0 Å². The Bertz CT molecular complexity index is 136. The highest BCUT2D eigenvalue weighted by molar-refractivity contribution is 4.81. The molecule has 1 heterocycles. The molecule has 0 amide bonds. The summed E-state index contributed by atoms with van der Waals surface area (Å²) < 4.78 is 11.0. The molecule has 0 aromatic heterocycles. The van der Waals surface area contributed by atoms with E-state index in [4.69, 9.17) is 14.6 Å². The van der Waals surface area contributed by atoms with Crippen LogP contribution in [0.5, 0.6) is 0 Å². The van der Waals surface area contributed by atoms with Gasteiger partial charge in [0, 0.05) is 6.42 Å². The second-order valence-corrected chi connectivity index (χ2v) is 3.63. The summed E-state index contributed by atoms with van der Waals surface area (Å²) in [6.45, 7) is 6.06. The average Bonchev–Trinajstić information content (AvgIpc) is 2.29. The number of hydrogen-bond donors (Lipinski definition) is 1. The molecule has 1 unspecified atom stereocenters. The molecule has 3 nitrogen and oxygen atoms in total. The fourth-order valence-electron chi connectivity index (χ4n) is 1.57. The van der Waals surface area contributed by atoms with Crippen molar-refractivity contribution in [2.45, 2.75) is 51.6 Å². The van der Waals surface area contributed by atoms with Crippen LogP contribution >= 0.6 is 0 Å². The van der Waals surface area contributed by atoms with Gasteiger partial charge in [-0.3, -0.25) is 0 Å². The maximum absolute atomic E-state index is 8.96. The average molecular weight is 174 g/mol. The number of hydrogen-bond acceptors (Lipinski definition) is 3. The normalized spacial score (nSPS) is 36.2. The van der Waals surface area contributed by atoms with Crippen molar-refractivity contribution in [2.24, 2.45) is 0 Å². The molecule has 1 rings (SSSR count). The fraction of sp³-hybridized carbons (Fsp3) is 1.00. The summed E-state index contributed by atoms with van der Waals surface area (Å²) in [4.78, 5) is 0. The highest BCUT2D eigenvalue weighted by Gasteiger charge is 2.33. The van der Waals surface area contributed by atoms with Crippen molar-refractivity contribution >= 4 is 0 Å². The van der Waals surface area contributed by atoms with Gasteiger partial charge in [-0.25, -0.2) is 0 Å².